The van der Waals surface area contributed by atoms with Crippen LogP contribution >= 0.6 is 0 Å². The number of benzene rings is 1. The van der Waals surface area contributed by atoms with Gasteiger partial charge in [0.2, 0.25) is 10.0 Å². The topological polar surface area (TPSA) is 70.0 Å². The Kier molecular flexibility index (Phi) is 3.69. The zero-order chi connectivity index (χ0) is 11.3. The van der Waals surface area contributed by atoms with Crippen molar-refractivity contribution in [1.29, 1.82) is 5.26 Å². The molecule has 0 unspecified atom stereocenters. The monoisotopic (exact) mass is 224 g/mol. The third kappa shape index (κ3) is 3.60. The Bertz CT molecular complexity index is 457. The van der Waals surface area contributed by atoms with Gasteiger partial charge in [-0.15, -0.1) is 0 Å². The van der Waals surface area contributed by atoms with Crippen molar-refractivity contribution < 1.29 is 8.42 Å². The van der Waals surface area contributed by atoms with Crippen molar-refractivity contribution in [2.45, 2.75) is 13.3 Å². The van der Waals surface area contributed by atoms with Gasteiger partial charge < -0.3 is 0 Å². The number of nitrogens with one attached hydrogen (secondary N) is 1. The average Bonchev–Trinajstić information content (AvgIpc) is 2.21. The van der Waals surface area contributed by atoms with Crippen LogP contribution < -0.4 is 4.72 Å². The molecule has 80 valence electrons. The van der Waals surface area contributed by atoms with E-state index in [0.29, 0.717) is 12.1 Å². The van der Waals surface area contributed by atoms with Gasteiger partial charge in [-0.1, -0.05) is 12.1 Å². The van der Waals surface area contributed by atoms with E-state index in [4.69, 9.17) is 5.26 Å². The van der Waals surface area contributed by atoms with E-state index in [0.717, 1.165) is 5.56 Å². The normalized spacial score (nSPS) is 10.7. The maximum Gasteiger partial charge on any atom is 0.232 e. The van der Waals surface area contributed by atoms with Gasteiger partial charge in [-0.2, -0.15) is 5.26 Å². The molecule has 1 aromatic rings. The van der Waals surface area contributed by atoms with Crippen LogP contribution in [0.4, 0.5) is 5.69 Å². The highest BCUT2D eigenvalue weighted by molar-refractivity contribution is 7.92. The summed E-state index contributed by atoms with van der Waals surface area (Å²) in [5, 5.41) is 8.45. The molecular weight excluding hydrogens is 212 g/mol. The summed E-state index contributed by atoms with van der Waals surface area (Å²) in [4.78, 5) is 0. The van der Waals surface area contributed by atoms with E-state index in [1.54, 1.807) is 31.2 Å². The third-order valence-corrected chi connectivity index (χ3v) is 3.20. The number of rotatable bonds is 4. The molecule has 15 heavy (non-hydrogen) atoms. The van der Waals surface area contributed by atoms with Crippen LogP contribution in [0, 0.1) is 11.3 Å². The van der Waals surface area contributed by atoms with Crippen LogP contribution in [0.3, 0.4) is 0 Å². The second kappa shape index (κ2) is 4.80. The summed E-state index contributed by atoms with van der Waals surface area (Å²) in [5.41, 5.74) is 1.40. The van der Waals surface area contributed by atoms with Crippen LogP contribution in [0.5, 0.6) is 0 Å². The molecule has 4 nitrogen and oxygen atoms in total. The molecule has 0 aromatic heterocycles. The first-order valence-corrected chi connectivity index (χ1v) is 6.19. The molecule has 0 aliphatic heterocycles. The van der Waals surface area contributed by atoms with Gasteiger partial charge in [0.25, 0.3) is 0 Å². The van der Waals surface area contributed by atoms with Crippen molar-refractivity contribution in [3.63, 3.8) is 0 Å². The fraction of sp³-hybridized carbons (Fsp3) is 0.300. The summed E-state index contributed by atoms with van der Waals surface area (Å²) in [7, 11) is -3.21. The van der Waals surface area contributed by atoms with Gasteiger partial charge in [-0.25, -0.2) is 8.42 Å². The molecule has 0 bridgehead atoms. The highest BCUT2D eigenvalue weighted by atomic mass is 32.2. The van der Waals surface area contributed by atoms with Gasteiger partial charge in [0.1, 0.15) is 0 Å². The Labute approximate surface area is 89.6 Å². The zero-order valence-corrected chi connectivity index (χ0v) is 9.21. The molecular formula is C10H12N2O2S. The molecule has 0 aliphatic carbocycles. The van der Waals surface area contributed by atoms with Gasteiger partial charge in [-0.3, -0.25) is 4.72 Å². The summed E-state index contributed by atoms with van der Waals surface area (Å²) < 4.78 is 24.9. The minimum atomic E-state index is -3.21. The van der Waals surface area contributed by atoms with E-state index in [-0.39, 0.29) is 5.75 Å². The predicted octanol–water partition coefficient (Wildman–Crippen LogP) is 1.51. The summed E-state index contributed by atoms with van der Waals surface area (Å²) in [5.74, 6) is 0.0486. The largest absolute Gasteiger partial charge is 0.284 e. The van der Waals surface area contributed by atoms with Crippen molar-refractivity contribution in [2.24, 2.45) is 0 Å². The van der Waals surface area contributed by atoms with Crippen molar-refractivity contribution in [2.75, 3.05) is 10.5 Å². The van der Waals surface area contributed by atoms with Crippen molar-refractivity contribution >= 4 is 15.7 Å². The van der Waals surface area contributed by atoms with E-state index in [9.17, 15) is 8.42 Å². The Hall–Kier alpha value is -1.54. The molecule has 0 aliphatic rings. The molecule has 0 fully saturated rings. The van der Waals surface area contributed by atoms with Crippen molar-refractivity contribution in [3.8, 4) is 6.07 Å². The van der Waals surface area contributed by atoms with Crippen LogP contribution in [0.1, 0.15) is 12.5 Å². The molecule has 0 radical (unpaired) electrons. The number of anilines is 1. The molecule has 5 heteroatoms. The lowest BCUT2D eigenvalue weighted by Gasteiger charge is -2.05. The summed E-state index contributed by atoms with van der Waals surface area (Å²) >= 11 is 0. The van der Waals surface area contributed by atoms with Gasteiger partial charge in [0, 0.05) is 5.69 Å². The van der Waals surface area contributed by atoms with Crippen molar-refractivity contribution in [1.82, 2.24) is 0 Å². The molecule has 0 atom stereocenters. The van der Waals surface area contributed by atoms with E-state index < -0.39 is 10.0 Å². The zero-order valence-electron chi connectivity index (χ0n) is 8.40. The lowest BCUT2D eigenvalue weighted by Crippen LogP contribution is -2.14. The van der Waals surface area contributed by atoms with Crippen molar-refractivity contribution in [3.05, 3.63) is 29.8 Å². The van der Waals surface area contributed by atoms with E-state index in [1.807, 2.05) is 6.07 Å². The first-order chi connectivity index (χ1) is 7.07. The standard InChI is InChI=1S/C10H12N2O2S/c1-2-15(13,14)12-10-5-3-9(4-6-10)7-8-11/h3-6,12H,2,7H2,1H3. The smallest absolute Gasteiger partial charge is 0.232 e. The number of hydrogen-bond donors (Lipinski definition) is 1. The molecule has 1 rings (SSSR count). The number of nitrogens with zero attached hydrogens (tertiary/aromatic N) is 1. The maximum absolute atomic E-state index is 11.2. The number of nitriles is 1. The second-order valence-corrected chi connectivity index (χ2v) is 5.05. The minimum absolute atomic E-state index is 0.0486. The van der Waals surface area contributed by atoms with Gasteiger partial charge in [-0.05, 0) is 24.6 Å². The average molecular weight is 224 g/mol. The fourth-order valence-corrected chi connectivity index (χ4v) is 1.67. The van der Waals surface area contributed by atoms with Crippen LogP contribution in [-0.4, -0.2) is 14.2 Å². The minimum Gasteiger partial charge on any atom is -0.284 e. The summed E-state index contributed by atoms with van der Waals surface area (Å²) in [6.45, 7) is 1.58. The van der Waals surface area contributed by atoms with Crippen LogP contribution in [0.2, 0.25) is 0 Å². The lowest BCUT2D eigenvalue weighted by atomic mass is 10.1. The highest BCUT2D eigenvalue weighted by Crippen LogP contribution is 2.11. The molecule has 1 N–H and O–H groups in total. The third-order valence-electron chi connectivity index (χ3n) is 1.89. The molecule has 0 spiro atoms. The second-order valence-electron chi connectivity index (χ2n) is 3.04. The molecule has 0 saturated heterocycles. The highest BCUT2D eigenvalue weighted by Gasteiger charge is 2.05. The van der Waals surface area contributed by atoms with Gasteiger partial charge in [0.05, 0.1) is 18.2 Å². The molecule has 1 aromatic carbocycles. The lowest BCUT2D eigenvalue weighted by molar-refractivity contribution is 0.602. The van der Waals surface area contributed by atoms with E-state index in [2.05, 4.69) is 4.72 Å². The Morgan fingerprint density at radius 2 is 1.93 bits per heavy atom. The summed E-state index contributed by atoms with van der Waals surface area (Å²) in [6, 6.07) is 8.80. The SMILES string of the molecule is CCS(=O)(=O)Nc1ccc(CC#N)cc1. The van der Waals surface area contributed by atoms with E-state index in [1.165, 1.54) is 0 Å². The van der Waals surface area contributed by atoms with Gasteiger partial charge >= 0.3 is 0 Å². The predicted molar refractivity (Wildman–Crippen MR) is 58.8 cm³/mol. The quantitative estimate of drug-likeness (QED) is 0.842. The maximum atomic E-state index is 11.2. The Morgan fingerprint density at radius 3 is 2.40 bits per heavy atom. The molecule has 0 amide bonds. The van der Waals surface area contributed by atoms with Crippen LogP contribution in [0.15, 0.2) is 24.3 Å². The van der Waals surface area contributed by atoms with Crippen LogP contribution in [-0.2, 0) is 16.4 Å². The van der Waals surface area contributed by atoms with Gasteiger partial charge in [0.15, 0.2) is 0 Å². The summed E-state index contributed by atoms with van der Waals surface area (Å²) in [6.07, 6.45) is 0.334. The Balaban J connectivity index is 2.78. The van der Waals surface area contributed by atoms with E-state index >= 15 is 0 Å². The first-order valence-electron chi connectivity index (χ1n) is 4.54. The fourth-order valence-electron chi connectivity index (χ4n) is 1.03. The molecule has 0 saturated carbocycles. The molecule has 0 heterocycles. The van der Waals surface area contributed by atoms with Crippen LogP contribution in [0.25, 0.3) is 0 Å². The number of sulfonamides is 1. The number of hydrogen-bond acceptors (Lipinski definition) is 3. The first kappa shape index (κ1) is 11.5. The Morgan fingerprint density at radius 1 is 1.33 bits per heavy atom.